The number of aryl methyl sites for hydroxylation is 2. The fourth-order valence-electron chi connectivity index (χ4n) is 3.99. The predicted octanol–water partition coefficient (Wildman–Crippen LogP) is 5.69. The fraction of sp³-hybridized carbons (Fsp3) is 0.571. The number of nitrogens with zero attached hydrogens (tertiary/aromatic N) is 1. The highest BCUT2D eigenvalue weighted by atomic mass is 16.5. The summed E-state index contributed by atoms with van der Waals surface area (Å²) >= 11 is 0. The molecule has 2 N–H and O–H groups in total. The van der Waals surface area contributed by atoms with Crippen molar-refractivity contribution in [1.82, 2.24) is 4.57 Å². The van der Waals surface area contributed by atoms with Crippen molar-refractivity contribution >= 4 is 11.8 Å². The number of unbranched alkanes of at least 4 members (excludes halogenated alkanes) is 5. The Morgan fingerprint density at radius 1 is 0.971 bits per heavy atom. The summed E-state index contributed by atoms with van der Waals surface area (Å²) in [7, 11) is 0. The lowest BCUT2D eigenvalue weighted by Crippen LogP contribution is -2.23. The topological polar surface area (TPSA) is 88.8 Å². The van der Waals surface area contributed by atoms with Gasteiger partial charge in [0.1, 0.15) is 18.5 Å². The highest BCUT2D eigenvalue weighted by molar-refractivity contribution is 5.98. The van der Waals surface area contributed by atoms with Crippen LogP contribution in [0.3, 0.4) is 0 Å². The number of carbonyl (C=O) groups excluding carboxylic acids is 1. The van der Waals surface area contributed by atoms with E-state index in [0.717, 1.165) is 12.2 Å². The van der Waals surface area contributed by atoms with Crippen LogP contribution >= 0.6 is 0 Å². The molecule has 1 aromatic heterocycles. The monoisotopic (exact) mass is 471 g/mol. The minimum Gasteiger partial charge on any atom is -0.491 e. The number of carboxylic acids is 1. The smallest absolute Gasteiger partial charge is 0.303 e. The quantitative estimate of drug-likeness (QED) is 0.229. The molecule has 1 unspecified atom stereocenters. The van der Waals surface area contributed by atoms with Crippen molar-refractivity contribution < 1.29 is 24.5 Å². The van der Waals surface area contributed by atoms with Gasteiger partial charge in [0.05, 0.1) is 6.54 Å². The lowest BCUT2D eigenvalue weighted by Gasteiger charge is -2.13. The zero-order chi connectivity index (χ0) is 24.9. The number of hydrogen-bond donors (Lipinski definition) is 2. The normalized spacial score (nSPS) is 12.1. The standard InChI is InChI=1S/C28H41NO5/c1-4-5-6-7-8-9-10-22-11-14-25(15-12-22)34-20-24(30)18-29-17-23(13-16-27(31)32)26(19-29)28(33)21(2)3/h11-12,14-15,17,19,21,24,30H,4-10,13,16,18,20H2,1-3H3,(H,31,32). The van der Waals surface area contributed by atoms with E-state index in [2.05, 4.69) is 19.1 Å². The number of aromatic nitrogens is 1. The number of hydrogen-bond acceptors (Lipinski definition) is 4. The first-order chi connectivity index (χ1) is 16.3. The number of benzene rings is 1. The predicted molar refractivity (Wildman–Crippen MR) is 135 cm³/mol. The summed E-state index contributed by atoms with van der Waals surface area (Å²) in [6.45, 7) is 6.27. The van der Waals surface area contributed by atoms with Crippen LogP contribution in [-0.4, -0.2) is 39.2 Å². The summed E-state index contributed by atoms with van der Waals surface area (Å²) in [6, 6.07) is 8.05. The number of rotatable bonds is 17. The Morgan fingerprint density at radius 2 is 1.65 bits per heavy atom. The van der Waals surface area contributed by atoms with Gasteiger partial charge in [0.2, 0.25) is 0 Å². The number of ketones is 1. The van der Waals surface area contributed by atoms with Gasteiger partial charge in [0.15, 0.2) is 5.78 Å². The molecule has 0 fully saturated rings. The summed E-state index contributed by atoms with van der Waals surface area (Å²) < 4.78 is 7.51. The Balaban J connectivity index is 1.83. The molecule has 0 aliphatic rings. The Kier molecular flexibility index (Phi) is 11.9. The minimum absolute atomic E-state index is 0.0223. The summed E-state index contributed by atoms with van der Waals surface area (Å²) in [5.41, 5.74) is 2.53. The van der Waals surface area contributed by atoms with Gasteiger partial charge in [-0.15, -0.1) is 0 Å². The van der Waals surface area contributed by atoms with Gasteiger partial charge in [-0.05, 0) is 42.5 Å². The first-order valence-electron chi connectivity index (χ1n) is 12.6. The minimum atomic E-state index is -0.901. The SMILES string of the molecule is CCCCCCCCc1ccc(OCC(O)Cn2cc(CCC(=O)O)c(C(=O)C(C)C)c2)cc1. The molecule has 1 atom stereocenters. The molecular formula is C28H41NO5. The maximum atomic E-state index is 12.5. The van der Waals surface area contributed by atoms with E-state index in [9.17, 15) is 14.7 Å². The molecule has 34 heavy (non-hydrogen) atoms. The number of aliphatic hydroxyl groups excluding tert-OH is 1. The van der Waals surface area contributed by atoms with Crippen molar-refractivity contribution in [1.29, 1.82) is 0 Å². The van der Waals surface area contributed by atoms with Crippen LogP contribution in [0.25, 0.3) is 0 Å². The van der Waals surface area contributed by atoms with Gasteiger partial charge in [0.25, 0.3) is 0 Å². The lowest BCUT2D eigenvalue weighted by atomic mass is 9.98. The number of carbonyl (C=O) groups is 2. The van der Waals surface area contributed by atoms with Crippen LogP contribution in [0.15, 0.2) is 36.7 Å². The van der Waals surface area contributed by atoms with Crippen molar-refractivity contribution in [2.45, 2.75) is 91.2 Å². The highest BCUT2D eigenvalue weighted by Gasteiger charge is 2.19. The van der Waals surface area contributed by atoms with E-state index in [1.807, 2.05) is 26.0 Å². The molecule has 0 saturated carbocycles. The zero-order valence-electron chi connectivity index (χ0n) is 21.0. The summed E-state index contributed by atoms with van der Waals surface area (Å²) in [5.74, 6) is -0.388. The Labute approximate surface area is 204 Å². The maximum Gasteiger partial charge on any atom is 0.303 e. The number of aliphatic hydroxyl groups is 1. The third kappa shape index (κ3) is 9.72. The molecule has 1 heterocycles. The van der Waals surface area contributed by atoms with Crippen LogP contribution in [0.5, 0.6) is 5.75 Å². The number of Topliss-reactive ketones (excluding diaryl/α,β-unsaturated/α-hetero) is 1. The average molecular weight is 472 g/mol. The van der Waals surface area contributed by atoms with Gasteiger partial charge in [0, 0.05) is 30.3 Å². The molecule has 6 heteroatoms. The molecule has 0 amide bonds. The molecule has 0 radical (unpaired) electrons. The molecule has 0 spiro atoms. The Morgan fingerprint density at radius 3 is 2.29 bits per heavy atom. The second-order valence-corrected chi connectivity index (χ2v) is 9.43. The maximum absolute atomic E-state index is 12.5. The van der Waals surface area contributed by atoms with E-state index in [4.69, 9.17) is 9.84 Å². The van der Waals surface area contributed by atoms with Crippen LogP contribution in [0.4, 0.5) is 0 Å². The van der Waals surface area contributed by atoms with Gasteiger partial charge in [-0.25, -0.2) is 0 Å². The van der Waals surface area contributed by atoms with Crippen molar-refractivity contribution in [2.24, 2.45) is 5.92 Å². The molecule has 2 rings (SSSR count). The van der Waals surface area contributed by atoms with Crippen LogP contribution in [0.1, 0.15) is 87.2 Å². The van der Waals surface area contributed by atoms with Gasteiger partial charge in [-0.2, -0.15) is 0 Å². The van der Waals surface area contributed by atoms with Crippen molar-refractivity contribution in [3.63, 3.8) is 0 Å². The highest BCUT2D eigenvalue weighted by Crippen LogP contribution is 2.19. The number of aliphatic carboxylic acids is 1. The summed E-state index contributed by atoms with van der Waals surface area (Å²) in [6.07, 6.45) is 11.7. The van der Waals surface area contributed by atoms with E-state index < -0.39 is 12.1 Å². The molecule has 188 valence electrons. The third-order valence-electron chi connectivity index (χ3n) is 5.97. The second-order valence-electron chi connectivity index (χ2n) is 9.43. The van der Waals surface area contributed by atoms with Crippen LogP contribution in [-0.2, 0) is 24.2 Å². The summed E-state index contributed by atoms with van der Waals surface area (Å²) in [4.78, 5) is 23.5. The van der Waals surface area contributed by atoms with Crippen molar-refractivity contribution in [2.75, 3.05) is 6.61 Å². The van der Waals surface area contributed by atoms with Gasteiger partial charge < -0.3 is 19.5 Å². The Bertz CT molecular complexity index is 885. The molecule has 6 nitrogen and oxygen atoms in total. The van der Waals surface area contributed by atoms with E-state index in [1.54, 1.807) is 17.0 Å². The zero-order valence-corrected chi connectivity index (χ0v) is 21.0. The van der Waals surface area contributed by atoms with E-state index in [-0.39, 0.29) is 37.7 Å². The van der Waals surface area contributed by atoms with Crippen LogP contribution in [0, 0.1) is 5.92 Å². The molecule has 2 aromatic rings. The fourth-order valence-corrected chi connectivity index (χ4v) is 3.99. The Hall–Kier alpha value is -2.60. The van der Waals surface area contributed by atoms with Crippen molar-refractivity contribution in [3.05, 3.63) is 53.3 Å². The molecular weight excluding hydrogens is 430 g/mol. The van der Waals surface area contributed by atoms with Crippen LogP contribution < -0.4 is 4.74 Å². The van der Waals surface area contributed by atoms with E-state index >= 15 is 0 Å². The molecule has 0 aliphatic heterocycles. The van der Waals surface area contributed by atoms with Gasteiger partial charge >= 0.3 is 5.97 Å². The van der Waals surface area contributed by atoms with Gasteiger partial charge in [-0.3, -0.25) is 9.59 Å². The molecule has 0 saturated heterocycles. The van der Waals surface area contributed by atoms with E-state index in [0.29, 0.717) is 11.1 Å². The lowest BCUT2D eigenvalue weighted by molar-refractivity contribution is -0.136. The number of ether oxygens (including phenoxy) is 1. The van der Waals surface area contributed by atoms with E-state index in [1.165, 1.54) is 44.1 Å². The third-order valence-corrected chi connectivity index (χ3v) is 5.97. The first-order valence-corrected chi connectivity index (χ1v) is 12.6. The van der Waals surface area contributed by atoms with Gasteiger partial charge in [-0.1, -0.05) is 65.0 Å². The summed E-state index contributed by atoms with van der Waals surface area (Å²) in [5, 5.41) is 19.5. The van der Waals surface area contributed by atoms with Crippen molar-refractivity contribution in [3.8, 4) is 5.75 Å². The molecule has 1 aromatic carbocycles. The van der Waals surface area contributed by atoms with Crippen LogP contribution in [0.2, 0.25) is 0 Å². The number of carboxylic acid groups (broad SMARTS) is 1. The largest absolute Gasteiger partial charge is 0.491 e. The molecule has 0 bridgehead atoms. The average Bonchev–Trinajstić information content (AvgIpc) is 3.21. The first kappa shape index (κ1) is 27.6. The molecule has 0 aliphatic carbocycles. The second kappa shape index (κ2) is 14.6.